The number of carbonyl (C=O) groups is 1. The third-order valence-corrected chi connectivity index (χ3v) is 7.41. The Bertz CT molecular complexity index is 1290. The van der Waals surface area contributed by atoms with Crippen LogP contribution in [0.5, 0.6) is 5.75 Å². The molecule has 198 valence electrons. The lowest BCUT2D eigenvalue weighted by Gasteiger charge is -2.26. The Morgan fingerprint density at radius 1 is 0.763 bits per heavy atom. The molecule has 3 aromatic carbocycles. The van der Waals surface area contributed by atoms with Crippen LogP contribution in [0.3, 0.4) is 0 Å². The number of hydrogen-bond acceptors (Lipinski definition) is 4. The second-order valence-electron chi connectivity index (χ2n) is 10.3. The largest absolute Gasteiger partial charge is 0.494 e. The van der Waals surface area contributed by atoms with Crippen molar-refractivity contribution in [2.45, 2.75) is 64.3 Å². The molecule has 5 rings (SSSR count). The molecule has 6 nitrogen and oxygen atoms in total. The molecule has 1 fully saturated rings. The molecule has 38 heavy (non-hydrogen) atoms. The summed E-state index contributed by atoms with van der Waals surface area (Å²) in [4.78, 5) is 14.3. The fraction of sp³-hybridized carbons (Fsp3) is 0.406. The number of amides is 1. The molecule has 4 aromatic rings. The van der Waals surface area contributed by atoms with E-state index in [4.69, 9.17) is 4.74 Å². The Balaban J connectivity index is 0.992. The molecule has 0 unspecified atom stereocenters. The van der Waals surface area contributed by atoms with Crippen LogP contribution >= 0.6 is 0 Å². The van der Waals surface area contributed by atoms with Crippen molar-refractivity contribution in [3.8, 4) is 16.9 Å². The summed E-state index contributed by atoms with van der Waals surface area (Å²) in [5, 5.41) is 8.53. The van der Waals surface area contributed by atoms with Crippen LogP contribution in [0.2, 0.25) is 0 Å². The van der Waals surface area contributed by atoms with Gasteiger partial charge in [0.15, 0.2) is 0 Å². The van der Waals surface area contributed by atoms with Gasteiger partial charge < -0.3 is 9.64 Å². The Kier molecular flexibility index (Phi) is 9.03. The van der Waals surface area contributed by atoms with Crippen LogP contribution in [0.15, 0.2) is 72.8 Å². The molecule has 6 heteroatoms. The van der Waals surface area contributed by atoms with Crippen molar-refractivity contribution in [3.05, 3.63) is 78.4 Å². The SMILES string of the molecule is O=C(CCCCCCCOc1ccc(-c2ccc(Cn3nnc4ccccc43)cc2)cc1)N1CCCCC1. The molecule has 0 saturated carbocycles. The first-order chi connectivity index (χ1) is 18.8. The van der Waals surface area contributed by atoms with Crippen LogP contribution in [0.25, 0.3) is 22.2 Å². The number of rotatable bonds is 12. The van der Waals surface area contributed by atoms with Crippen LogP contribution < -0.4 is 4.74 Å². The summed E-state index contributed by atoms with van der Waals surface area (Å²) in [5.41, 5.74) is 5.52. The minimum atomic E-state index is 0.355. The molecule has 0 spiro atoms. The standard InChI is InChI=1S/C32H38N4O2/c37-32(35-22-8-4-9-23-35)13-5-2-1-3-10-24-38-29-20-18-28(19-21-29)27-16-14-26(15-17-27)25-36-31-12-7-6-11-30(31)33-34-36/h6-7,11-12,14-21H,1-5,8-10,13,22-25H2. The number of ether oxygens (including phenoxy) is 1. The van der Waals surface area contributed by atoms with E-state index in [9.17, 15) is 4.79 Å². The highest BCUT2D eigenvalue weighted by molar-refractivity contribution is 5.76. The highest BCUT2D eigenvalue weighted by Crippen LogP contribution is 2.24. The third kappa shape index (κ3) is 7.00. The molecule has 1 aliphatic rings. The topological polar surface area (TPSA) is 60.3 Å². The van der Waals surface area contributed by atoms with Gasteiger partial charge in [0.25, 0.3) is 0 Å². The predicted octanol–water partition coefficient (Wildman–Crippen LogP) is 6.88. The Morgan fingerprint density at radius 2 is 1.45 bits per heavy atom. The number of benzene rings is 3. The van der Waals surface area contributed by atoms with Crippen molar-refractivity contribution in [1.82, 2.24) is 19.9 Å². The monoisotopic (exact) mass is 510 g/mol. The summed E-state index contributed by atoms with van der Waals surface area (Å²) in [6.45, 7) is 3.36. The van der Waals surface area contributed by atoms with Crippen LogP contribution in [-0.4, -0.2) is 45.5 Å². The fourth-order valence-corrected chi connectivity index (χ4v) is 5.15. The van der Waals surface area contributed by atoms with E-state index in [0.717, 1.165) is 62.2 Å². The van der Waals surface area contributed by atoms with Crippen molar-refractivity contribution >= 4 is 16.9 Å². The molecule has 1 aromatic heterocycles. The number of hydrogen-bond donors (Lipinski definition) is 0. The number of nitrogens with zero attached hydrogens (tertiary/aromatic N) is 4. The summed E-state index contributed by atoms with van der Waals surface area (Å²) in [7, 11) is 0. The summed E-state index contributed by atoms with van der Waals surface area (Å²) in [6, 6.07) is 25.0. The minimum absolute atomic E-state index is 0.355. The molecule has 1 saturated heterocycles. The third-order valence-electron chi connectivity index (χ3n) is 7.41. The van der Waals surface area contributed by atoms with Crippen molar-refractivity contribution in [2.75, 3.05) is 19.7 Å². The summed E-state index contributed by atoms with van der Waals surface area (Å²) < 4.78 is 7.90. The molecule has 0 bridgehead atoms. The van der Waals surface area contributed by atoms with E-state index in [1.807, 2.05) is 22.9 Å². The van der Waals surface area contributed by atoms with Crippen LogP contribution in [0, 0.1) is 0 Å². The number of fused-ring (bicyclic) bond motifs is 1. The van der Waals surface area contributed by atoms with Gasteiger partial charge in [0.2, 0.25) is 5.91 Å². The maximum absolute atomic E-state index is 12.2. The van der Waals surface area contributed by atoms with Gasteiger partial charge in [-0.15, -0.1) is 5.10 Å². The van der Waals surface area contributed by atoms with Gasteiger partial charge >= 0.3 is 0 Å². The van der Waals surface area contributed by atoms with Gasteiger partial charge in [0, 0.05) is 19.5 Å². The van der Waals surface area contributed by atoms with Gasteiger partial charge in [-0.25, -0.2) is 4.68 Å². The van der Waals surface area contributed by atoms with E-state index in [1.54, 1.807) is 0 Å². The first-order valence-corrected chi connectivity index (χ1v) is 14.1. The number of aromatic nitrogens is 3. The zero-order chi connectivity index (χ0) is 26.0. The van der Waals surface area contributed by atoms with Crippen molar-refractivity contribution in [1.29, 1.82) is 0 Å². The lowest BCUT2D eigenvalue weighted by molar-refractivity contribution is -0.132. The van der Waals surface area contributed by atoms with Gasteiger partial charge in [-0.1, -0.05) is 73.0 Å². The highest BCUT2D eigenvalue weighted by atomic mass is 16.5. The molecular formula is C32H38N4O2. The van der Waals surface area contributed by atoms with Crippen molar-refractivity contribution in [3.63, 3.8) is 0 Å². The molecule has 0 N–H and O–H groups in total. The van der Waals surface area contributed by atoms with E-state index in [-0.39, 0.29) is 0 Å². The molecule has 1 amide bonds. The second kappa shape index (κ2) is 13.2. The molecular weight excluding hydrogens is 472 g/mol. The van der Waals surface area contributed by atoms with Gasteiger partial charge in [-0.05, 0) is 73.1 Å². The van der Waals surface area contributed by atoms with Crippen molar-refractivity contribution in [2.24, 2.45) is 0 Å². The van der Waals surface area contributed by atoms with E-state index in [0.29, 0.717) is 18.9 Å². The number of para-hydroxylation sites is 1. The Labute approximate surface area is 225 Å². The maximum Gasteiger partial charge on any atom is 0.222 e. The number of unbranched alkanes of at least 4 members (excludes halogenated alkanes) is 4. The number of carbonyl (C=O) groups excluding carboxylic acids is 1. The second-order valence-corrected chi connectivity index (χ2v) is 10.3. The van der Waals surface area contributed by atoms with Gasteiger partial charge in [-0.3, -0.25) is 4.79 Å². The van der Waals surface area contributed by atoms with E-state index >= 15 is 0 Å². The number of likely N-dealkylation sites (tertiary alicyclic amines) is 1. The van der Waals surface area contributed by atoms with Crippen LogP contribution in [0.4, 0.5) is 0 Å². The van der Waals surface area contributed by atoms with Gasteiger partial charge in [0.1, 0.15) is 11.3 Å². The molecule has 0 radical (unpaired) electrons. The molecule has 1 aliphatic heterocycles. The van der Waals surface area contributed by atoms with E-state index < -0.39 is 0 Å². The highest BCUT2D eigenvalue weighted by Gasteiger charge is 2.15. The lowest BCUT2D eigenvalue weighted by Crippen LogP contribution is -2.35. The quantitative estimate of drug-likeness (QED) is 0.195. The maximum atomic E-state index is 12.2. The van der Waals surface area contributed by atoms with Crippen LogP contribution in [-0.2, 0) is 11.3 Å². The van der Waals surface area contributed by atoms with Gasteiger partial charge in [-0.2, -0.15) is 0 Å². The smallest absolute Gasteiger partial charge is 0.222 e. The minimum Gasteiger partial charge on any atom is -0.494 e. The summed E-state index contributed by atoms with van der Waals surface area (Å²) >= 11 is 0. The summed E-state index contributed by atoms with van der Waals surface area (Å²) in [5.74, 6) is 1.27. The first kappa shape index (κ1) is 26.0. The van der Waals surface area contributed by atoms with E-state index in [2.05, 4.69) is 69.8 Å². The average Bonchev–Trinajstić information content (AvgIpc) is 3.38. The number of piperidine rings is 1. The average molecular weight is 511 g/mol. The Hall–Kier alpha value is -3.67. The lowest BCUT2D eigenvalue weighted by atomic mass is 10.0. The fourth-order valence-electron chi connectivity index (χ4n) is 5.15. The Morgan fingerprint density at radius 3 is 2.24 bits per heavy atom. The summed E-state index contributed by atoms with van der Waals surface area (Å²) in [6.07, 6.45) is 9.82. The van der Waals surface area contributed by atoms with E-state index in [1.165, 1.54) is 42.4 Å². The first-order valence-electron chi connectivity index (χ1n) is 14.1. The van der Waals surface area contributed by atoms with Crippen LogP contribution in [0.1, 0.15) is 63.4 Å². The zero-order valence-electron chi connectivity index (χ0n) is 22.2. The predicted molar refractivity (Wildman–Crippen MR) is 152 cm³/mol. The zero-order valence-corrected chi connectivity index (χ0v) is 22.2. The normalized spacial score (nSPS) is 13.6. The van der Waals surface area contributed by atoms with Crippen molar-refractivity contribution < 1.29 is 9.53 Å². The molecule has 2 heterocycles. The van der Waals surface area contributed by atoms with Gasteiger partial charge in [0.05, 0.1) is 18.7 Å². The molecule has 0 atom stereocenters. The molecule has 0 aliphatic carbocycles.